The average Bonchev–Trinajstić information content (AvgIpc) is 1.97. The largest absolute Gasteiger partial charge is 0.399 e. The predicted octanol–water partition coefficient (Wildman–Crippen LogP) is 1.89. The Morgan fingerprint density at radius 1 is 1.56 bits per heavy atom. The summed E-state index contributed by atoms with van der Waals surface area (Å²) < 4.78 is 50.9. The van der Waals surface area contributed by atoms with Crippen molar-refractivity contribution in [1.29, 1.82) is 0 Å². The number of aryl methyl sites for hydroxylation is 1. The van der Waals surface area contributed by atoms with Gasteiger partial charge in [0.15, 0.2) is 0 Å². The molecule has 0 atom stereocenters. The maximum absolute atomic E-state index is 7.50. The molecule has 1 aromatic rings. The molecular formula is C8H11N. The molecule has 0 bridgehead atoms. The Labute approximate surface area is 65.3 Å². The minimum atomic E-state index is -2.63. The monoisotopic (exact) mass is 128 g/mol. The average molecular weight is 128 g/mol. The summed E-state index contributed by atoms with van der Waals surface area (Å²) in [6.07, 6.45) is 0. The van der Waals surface area contributed by atoms with Gasteiger partial charge in [0.2, 0.25) is 0 Å². The SMILES string of the molecule is [2H]c1cc(N)cc(C([2H])([2H])[2H])c1C([2H])([2H])[2H]. The smallest absolute Gasteiger partial charge is 0.0626 e. The van der Waals surface area contributed by atoms with Crippen LogP contribution >= 0.6 is 0 Å². The van der Waals surface area contributed by atoms with E-state index >= 15 is 0 Å². The standard InChI is InChI=1S/C8H11N/c1-6-3-4-8(9)5-7(6)2/h3-5H,9H2,1-2H3/i1D3,2D3,3D. The third kappa shape index (κ3) is 1.22. The van der Waals surface area contributed by atoms with Gasteiger partial charge in [0.05, 0.1) is 1.37 Å². The molecule has 0 spiro atoms. The van der Waals surface area contributed by atoms with Crippen molar-refractivity contribution < 1.29 is 9.60 Å². The molecule has 0 saturated heterocycles. The van der Waals surface area contributed by atoms with E-state index < -0.39 is 19.3 Å². The summed E-state index contributed by atoms with van der Waals surface area (Å²) in [6, 6.07) is 1.86. The van der Waals surface area contributed by atoms with Crippen LogP contribution < -0.4 is 5.73 Å². The van der Waals surface area contributed by atoms with Crippen LogP contribution in [0.2, 0.25) is 0 Å². The molecule has 1 rings (SSSR count). The van der Waals surface area contributed by atoms with Crippen LogP contribution in [-0.2, 0) is 0 Å². The van der Waals surface area contributed by atoms with Gasteiger partial charge in [-0.1, -0.05) is 6.04 Å². The van der Waals surface area contributed by atoms with Crippen LogP contribution in [0.1, 0.15) is 20.7 Å². The van der Waals surface area contributed by atoms with Gasteiger partial charge in [0, 0.05) is 13.9 Å². The second-order valence-electron chi connectivity index (χ2n) is 1.72. The quantitative estimate of drug-likeness (QED) is 0.530. The lowest BCUT2D eigenvalue weighted by Gasteiger charge is -1.98. The molecule has 48 valence electrons. The minimum absolute atomic E-state index is 0.0733. The van der Waals surface area contributed by atoms with E-state index in [1.807, 2.05) is 0 Å². The van der Waals surface area contributed by atoms with E-state index in [0.717, 1.165) is 12.1 Å². The molecule has 0 unspecified atom stereocenters. The Hall–Kier alpha value is -0.980. The second-order valence-corrected chi connectivity index (χ2v) is 1.72. The van der Waals surface area contributed by atoms with Gasteiger partial charge in [-0.15, -0.1) is 0 Å². The predicted molar refractivity (Wildman–Crippen MR) is 40.3 cm³/mol. The van der Waals surface area contributed by atoms with E-state index in [1.165, 1.54) is 0 Å². The summed E-state index contributed by atoms with van der Waals surface area (Å²) in [5.41, 5.74) is 4.65. The lowest BCUT2D eigenvalue weighted by Crippen LogP contribution is -1.86. The van der Waals surface area contributed by atoms with Crippen LogP contribution in [0.15, 0.2) is 18.2 Å². The zero-order valence-corrected chi connectivity index (χ0v) is 4.73. The lowest BCUT2D eigenvalue weighted by atomic mass is 10.1. The van der Waals surface area contributed by atoms with E-state index in [0.29, 0.717) is 0 Å². The number of hydrogen-bond donors (Lipinski definition) is 1. The lowest BCUT2D eigenvalue weighted by molar-refractivity contribution is 1.34. The highest BCUT2D eigenvalue weighted by molar-refractivity contribution is 5.43. The van der Waals surface area contributed by atoms with Crippen molar-refractivity contribution in [3.05, 3.63) is 29.3 Å². The van der Waals surface area contributed by atoms with Crippen molar-refractivity contribution >= 4 is 5.69 Å². The molecule has 0 aliphatic rings. The van der Waals surface area contributed by atoms with Gasteiger partial charge in [0.25, 0.3) is 0 Å². The molecule has 0 fully saturated rings. The van der Waals surface area contributed by atoms with Crippen LogP contribution in [0.25, 0.3) is 0 Å². The summed E-state index contributed by atoms with van der Waals surface area (Å²) in [7, 11) is 0. The van der Waals surface area contributed by atoms with Gasteiger partial charge in [-0.05, 0) is 37.0 Å². The fraction of sp³-hybridized carbons (Fsp3) is 0.250. The molecule has 0 aromatic heterocycles. The van der Waals surface area contributed by atoms with Crippen molar-refractivity contribution in [3.8, 4) is 0 Å². The Kier molecular flexibility index (Phi) is 0.408. The molecule has 0 saturated carbocycles. The zero-order chi connectivity index (χ0) is 12.7. The third-order valence-corrected chi connectivity index (χ3v) is 0.964. The van der Waals surface area contributed by atoms with Gasteiger partial charge in [0.1, 0.15) is 0 Å². The van der Waals surface area contributed by atoms with Crippen LogP contribution in [0, 0.1) is 13.7 Å². The number of hydrogen-bond acceptors (Lipinski definition) is 1. The summed E-state index contributed by atoms with van der Waals surface area (Å²) in [4.78, 5) is 0. The third-order valence-electron chi connectivity index (χ3n) is 0.964. The van der Waals surface area contributed by atoms with E-state index in [9.17, 15) is 0 Å². The Morgan fingerprint density at radius 3 is 3.00 bits per heavy atom. The van der Waals surface area contributed by atoms with Crippen LogP contribution in [0.4, 0.5) is 5.69 Å². The first-order valence-electron chi connectivity index (χ1n) is 5.94. The Bertz CT molecular complexity index is 404. The molecule has 0 aliphatic heterocycles. The molecular weight excluding hydrogens is 110 g/mol. The number of rotatable bonds is 0. The fourth-order valence-electron chi connectivity index (χ4n) is 0.514. The van der Waals surface area contributed by atoms with Gasteiger partial charge in [-0.2, -0.15) is 0 Å². The first kappa shape index (κ1) is 1.75. The molecule has 0 aliphatic carbocycles. The number of benzene rings is 1. The molecule has 1 heteroatoms. The van der Waals surface area contributed by atoms with Gasteiger partial charge >= 0.3 is 0 Å². The molecule has 0 amide bonds. The minimum Gasteiger partial charge on any atom is -0.399 e. The van der Waals surface area contributed by atoms with Crippen molar-refractivity contribution in [1.82, 2.24) is 0 Å². The maximum atomic E-state index is 7.50. The van der Waals surface area contributed by atoms with Crippen LogP contribution in [-0.4, -0.2) is 0 Å². The molecule has 0 radical (unpaired) electrons. The Balaban J connectivity index is 3.58. The second kappa shape index (κ2) is 2.09. The first-order valence-corrected chi connectivity index (χ1v) is 2.44. The number of nitrogen functional groups attached to an aromatic ring is 1. The zero-order valence-electron chi connectivity index (χ0n) is 11.7. The molecule has 0 heterocycles. The molecule has 9 heavy (non-hydrogen) atoms. The van der Waals surface area contributed by atoms with Crippen molar-refractivity contribution in [3.63, 3.8) is 0 Å². The van der Waals surface area contributed by atoms with Gasteiger partial charge in [-0.25, -0.2) is 0 Å². The van der Waals surface area contributed by atoms with Crippen molar-refractivity contribution in [2.45, 2.75) is 13.7 Å². The van der Waals surface area contributed by atoms with Gasteiger partial charge in [-0.3, -0.25) is 0 Å². The van der Waals surface area contributed by atoms with Crippen molar-refractivity contribution in [2.75, 3.05) is 5.73 Å². The van der Waals surface area contributed by atoms with E-state index in [2.05, 4.69) is 0 Å². The molecule has 1 nitrogen and oxygen atoms in total. The molecule has 1 aromatic carbocycles. The molecule has 2 N–H and O–H groups in total. The van der Waals surface area contributed by atoms with Crippen LogP contribution in [0.3, 0.4) is 0 Å². The highest BCUT2D eigenvalue weighted by Crippen LogP contribution is 2.09. The van der Waals surface area contributed by atoms with Crippen molar-refractivity contribution in [2.24, 2.45) is 0 Å². The summed E-state index contributed by atoms with van der Waals surface area (Å²) >= 11 is 0. The highest BCUT2D eigenvalue weighted by Gasteiger charge is 1.89. The van der Waals surface area contributed by atoms with E-state index in [4.69, 9.17) is 15.3 Å². The normalized spacial score (nSPS) is 23.8. The Morgan fingerprint density at radius 2 is 2.33 bits per heavy atom. The van der Waals surface area contributed by atoms with E-state index in [-0.39, 0.29) is 17.3 Å². The highest BCUT2D eigenvalue weighted by atomic mass is 14.5. The maximum Gasteiger partial charge on any atom is 0.0626 e. The number of anilines is 1. The fourth-order valence-corrected chi connectivity index (χ4v) is 0.514. The van der Waals surface area contributed by atoms with Crippen LogP contribution in [0.5, 0.6) is 0 Å². The number of nitrogens with two attached hydrogens (primary N) is 1. The van der Waals surface area contributed by atoms with Gasteiger partial charge < -0.3 is 5.73 Å². The summed E-state index contributed by atoms with van der Waals surface area (Å²) in [5, 5.41) is 0. The summed E-state index contributed by atoms with van der Waals surface area (Å²) in [5.74, 6) is 0. The topological polar surface area (TPSA) is 26.0 Å². The summed E-state index contributed by atoms with van der Waals surface area (Å²) in [6.45, 7) is -5.22. The first-order chi connectivity index (χ1) is 7.03. The van der Waals surface area contributed by atoms with E-state index in [1.54, 1.807) is 0 Å².